The highest BCUT2D eigenvalue weighted by Crippen LogP contribution is 2.18. The van der Waals surface area contributed by atoms with Crippen LogP contribution in [0.1, 0.15) is 6.42 Å². The minimum absolute atomic E-state index is 0.184. The first kappa shape index (κ1) is 7.28. The Morgan fingerprint density at radius 3 is 2.44 bits per heavy atom. The highest BCUT2D eigenvalue weighted by molar-refractivity contribution is 6.18. The van der Waals surface area contributed by atoms with E-state index in [4.69, 9.17) is 26.6 Å². The molecule has 1 saturated heterocycles. The topological polar surface area (TPSA) is 49.7 Å². The number of aliphatic hydroxyl groups excluding tert-OH is 2. The average molecular weight is 153 g/mol. The monoisotopic (exact) mass is 152 g/mol. The molecule has 0 bridgehead atoms. The van der Waals surface area contributed by atoms with E-state index >= 15 is 0 Å². The van der Waals surface area contributed by atoms with Crippen LogP contribution in [-0.2, 0) is 4.74 Å². The molecule has 0 amide bonds. The van der Waals surface area contributed by atoms with Crippen LogP contribution in [0.25, 0.3) is 0 Å². The smallest absolute Gasteiger partial charge is 0.181 e. The van der Waals surface area contributed by atoms with E-state index in [2.05, 4.69) is 0 Å². The van der Waals surface area contributed by atoms with Crippen LogP contribution < -0.4 is 0 Å². The van der Waals surface area contributed by atoms with E-state index in [1.807, 2.05) is 0 Å². The molecule has 3 atom stereocenters. The summed E-state index contributed by atoms with van der Waals surface area (Å²) in [5.41, 5.74) is 0. The van der Waals surface area contributed by atoms with Gasteiger partial charge >= 0.3 is 0 Å². The van der Waals surface area contributed by atoms with Crippen molar-refractivity contribution >= 4 is 11.6 Å². The van der Waals surface area contributed by atoms with Gasteiger partial charge in [0.15, 0.2) is 6.29 Å². The Morgan fingerprint density at radius 2 is 2.22 bits per heavy atom. The van der Waals surface area contributed by atoms with E-state index in [0.29, 0.717) is 12.3 Å². The van der Waals surface area contributed by atoms with Crippen molar-refractivity contribution in [2.24, 2.45) is 0 Å². The maximum Gasteiger partial charge on any atom is 0.181 e. The first-order chi connectivity index (χ1) is 4.24. The largest absolute Gasteiger partial charge is 0.388 e. The van der Waals surface area contributed by atoms with Crippen molar-refractivity contribution in [2.75, 3.05) is 5.88 Å². The molecule has 0 spiro atoms. The summed E-state index contributed by atoms with van der Waals surface area (Å²) in [6.07, 6.45) is -1.54. The molecule has 1 aliphatic rings. The zero-order chi connectivity index (χ0) is 6.85. The second-order valence-corrected chi connectivity index (χ2v) is 2.41. The number of hydrogen-bond acceptors (Lipinski definition) is 3. The Kier molecular flexibility index (Phi) is 2.29. The summed E-state index contributed by atoms with van der Waals surface area (Å²) in [5.74, 6) is 0.327. The molecule has 1 aliphatic heterocycles. The molecule has 0 aromatic rings. The van der Waals surface area contributed by atoms with Gasteiger partial charge in [-0.15, -0.1) is 11.6 Å². The van der Waals surface area contributed by atoms with Gasteiger partial charge in [-0.3, -0.25) is 0 Å². The van der Waals surface area contributed by atoms with Crippen LogP contribution in [0.5, 0.6) is 0 Å². The standard InChI is InChI=1S/C5H9ClO3/c6-2-3-1-4(7)5(8)9-3/h3-5,7-8H,1-2H2. The Labute approximate surface area is 58.2 Å². The molecule has 0 aromatic carbocycles. The molecule has 1 heterocycles. The van der Waals surface area contributed by atoms with Crippen LogP contribution in [0, 0.1) is 0 Å². The molecule has 2 N–H and O–H groups in total. The van der Waals surface area contributed by atoms with Gasteiger partial charge in [-0.2, -0.15) is 0 Å². The first-order valence-corrected chi connectivity index (χ1v) is 3.35. The van der Waals surface area contributed by atoms with E-state index in [-0.39, 0.29) is 6.10 Å². The van der Waals surface area contributed by atoms with Gasteiger partial charge in [0.2, 0.25) is 0 Å². The molecule has 0 radical (unpaired) electrons. The van der Waals surface area contributed by atoms with Crippen molar-refractivity contribution < 1.29 is 14.9 Å². The molecule has 54 valence electrons. The predicted octanol–water partition coefficient (Wildman–Crippen LogP) is -0.307. The van der Waals surface area contributed by atoms with E-state index < -0.39 is 12.4 Å². The minimum Gasteiger partial charge on any atom is -0.388 e. The molecule has 3 unspecified atom stereocenters. The van der Waals surface area contributed by atoms with Gasteiger partial charge in [-0.25, -0.2) is 0 Å². The van der Waals surface area contributed by atoms with Gasteiger partial charge in [-0.05, 0) is 0 Å². The molecule has 1 rings (SSSR count). The third-order valence-corrected chi connectivity index (χ3v) is 1.68. The Morgan fingerprint density at radius 1 is 1.56 bits per heavy atom. The molecule has 4 heteroatoms. The number of rotatable bonds is 1. The summed E-state index contributed by atoms with van der Waals surface area (Å²) in [6, 6.07) is 0. The van der Waals surface area contributed by atoms with E-state index in [9.17, 15) is 0 Å². The van der Waals surface area contributed by atoms with Crippen molar-refractivity contribution in [3.05, 3.63) is 0 Å². The van der Waals surface area contributed by atoms with Crippen LogP contribution in [0.2, 0.25) is 0 Å². The second-order valence-electron chi connectivity index (χ2n) is 2.11. The normalized spacial score (nSPS) is 43.7. The average Bonchev–Trinajstić information content (AvgIpc) is 2.13. The summed E-state index contributed by atoms with van der Waals surface area (Å²) in [7, 11) is 0. The number of ether oxygens (including phenoxy) is 1. The number of halogens is 1. The first-order valence-electron chi connectivity index (χ1n) is 2.81. The van der Waals surface area contributed by atoms with Crippen LogP contribution >= 0.6 is 11.6 Å². The lowest BCUT2D eigenvalue weighted by molar-refractivity contribution is -0.123. The molecule has 1 fully saturated rings. The highest BCUT2D eigenvalue weighted by Gasteiger charge is 2.31. The van der Waals surface area contributed by atoms with Gasteiger partial charge in [0.05, 0.1) is 6.10 Å². The number of aliphatic hydroxyl groups is 2. The van der Waals surface area contributed by atoms with Gasteiger partial charge < -0.3 is 14.9 Å². The van der Waals surface area contributed by atoms with Crippen LogP contribution in [0.4, 0.5) is 0 Å². The van der Waals surface area contributed by atoms with Gasteiger partial charge in [-0.1, -0.05) is 0 Å². The molecule has 0 aliphatic carbocycles. The lowest BCUT2D eigenvalue weighted by Gasteiger charge is -2.04. The minimum atomic E-state index is -1.03. The van der Waals surface area contributed by atoms with Crippen molar-refractivity contribution in [2.45, 2.75) is 24.9 Å². The maximum atomic E-state index is 8.87. The lowest BCUT2D eigenvalue weighted by Crippen LogP contribution is -2.19. The summed E-state index contributed by atoms with van der Waals surface area (Å²) in [4.78, 5) is 0. The fraction of sp³-hybridized carbons (Fsp3) is 1.00. The highest BCUT2D eigenvalue weighted by atomic mass is 35.5. The third kappa shape index (κ3) is 1.55. The van der Waals surface area contributed by atoms with E-state index in [1.165, 1.54) is 0 Å². The van der Waals surface area contributed by atoms with Crippen LogP contribution in [-0.4, -0.2) is 34.6 Å². The molecule has 0 saturated carbocycles. The SMILES string of the molecule is OC1CC(CCl)OC1O. The van der Waals surface area contributed by atoms with E-state index in [1.54, 1.807) is 0 Å². The maximum absolute atomic E-state index is 8.87. The summed E-state index contributed by atoms with van der Waals surface area (Å²) in [5, 5.41) is 17.6. The molecular formula is C5H9ClO3. The van der Waals surface area contributed by atoms with Crippen LogP contribution in [0.3, 0.4) is 0 Å². The zero-order valence-electron chi connectivity index (χ0n) is 4.83. The predicted molar refractivity (Wildman–Crippen MR) is 32.2 cm³/mol. The van der Waals surface area contributed by atoms with Gasteiger partial charge in [0.1, 0.15) is 6.10 Å². The Bertz CT molecular complexity index is 88.2. The van der Waals surface area contributed by atoms with Gasteiger partial charge in [0.25, 0.3) is 0 Å². The second kappa shape index (κ2) is 2.84. The van der Waals surface area contributed by atoms with Gasteiger partial charge in [0, 0.05) is 12.3 Å². The molecule has 3 nitrogen and oxygen atoms in total. The van der Waals surface area contributed by atoms with Crippen molar-refractivity contribution in [1.82, 2.24) is 0 Å². The Balaban J connectivity index is 2.35. The fourth-order valence-corrected chi connectivity index (χ4v) is 1.03. The third-order valence-electron chi connectivity index (χ3n) is 1.34. The number of alkyl halides is 1. The quantitative estimate of drug-likeness (QED) is 0.507. The zero-order valence-corrected chi connectivity index (χ0v) is 5.58. The summed E-state index contributed by atoms with van der Waals surface area (Å²) >= 11 is 5.39. The Hall–Kier alpha value is 0.170. The molecule has 9 heavy (non-hydrogen) atoms. The van der Waals surface area contributed by atoms with Crippen molar-refractivity contribution in [3.63, 3.8) is 0 Å². The number of hydrogen-bond donors (Lipinski definition) is 2. The molecular weight excluding hydrogens is 144 g/mol. The lowest BCUT2D eigenvalue weighted by atomic mass is 10.2. The fourth-order valence-electron chi connectivity index (χ4n) is 0.829. The van der Waals surface area contributed by atoms with Crippen molar-refractivity contribution in [1.29, 1.82) is 0 Å². The summed E-state index contributed by atoms with van der Waals surface area (Å²) in [6.45, 7) is 0. The van der Waals surface area contributed by atoms with E-state index in [0.717, 1.165) is 0 Å². The summed E-state index contributed by atoms with van der Waals surface area (Å²) < 4.78 is 4.80. The van der Waals surface area contributed by atoms with Crippen LogP contribution in [0.15, 0.2) is 0 Å². The molecule has 0 aromatic heterocycles. The van der Waals surface area contributed by atoms with Crippen molar-refractivity contribution in [3.8, 4) is 0 Å².